The minimum absolute atomic E-state index is 0.0785. The summed E-state index contributed by atoms with van der Waals surface area (Å²) >= 11 is 0. The number of benzene rings is 3. The molecule has 142 valence electrons. The van der Waals surface area contributed by atoms with Crippen molar-refractivity contribution in [2.75, 3.05) is 14.2 Å². The van der Waals surface area contributed by atoms with Crippen molar-refractivity contribution in [3.63, 3.8) is 0 Å². The van der Waals surface area contributed by atoms with Crippen LogP contribution in [0.3, 0.4) is 0 Å². The Morgan fingerprint density at radius 3 is 2.29 bits per heavy atom. The molecule has 0 saturated carbocycles. The lowest BCUT2D eigenvalue weighted by Crippen LogP contribution is -1.98. The van der Waals surface area contributed by atoms with E-state index in [4.69, 9.17) is 14.2 Å². The third-order valence-corrected chi connectivity index (χ3v) is 4.23. The summed E-state index contributed by atoms with van der Waals surface area (Å²) in [4.78, 5) is 12.4. The molecule has 0 fully saturated rings. The molecular weight excluding hydrogens is 352 g/mol. The van der Waals surface area contributed by atoms with Crippen molar-refractivity contribution in [2.45, 2.75) is 6.61 Å². The van der Waals surface area contributed by atoms with Gasteiger partial charge in [0, 0.05) is 5.56 Å². The van der Waals surface area contributed by atoms with Crippen LogP contribution in [0.5, 0.6) is 17.2 Å². The standard InChI is InChI=1S/C24H22O4/c1-26-21-12-10-20(11-13-21)22(25)14-8-18-9-15-23(27-2)24(16-18)28-17-19-6-4-3-5-7-19/h3-16H,17H2,1-2H3/b14-8+. The fourth-order valence-electron chi connectivity index (χ4n) is 2.67. The summed E-state index contributed by atoms with van der Waals surface area (Å²) in [5.74, 6) is 1.92. The first kappa shape index (κ1) is 19.2. The summed E-state index contributed by atoms with van der Waals surface area (Å²) < 4.78 is 16.4. The summed E-state index contributed by atoms with van der Waals surface area (Å²) in [6.45, 7) is 0.440. The van der Waals surface area contributed by atoms with Gasteiger partial charge in [0.2, 0.25) is 0 Å². The Hall–Kier alpha value is -3.53. The van der Waals surface area contributed by atoms with Gasteiger partial charge in [0.1, 0.15) is 12.4 Å². The van der Waals surface area contributed by atoms with Gasteiger partial charge in [-0.3, -0.25) is 4.79 Å². The number of ether oxygens (including phenoxy) is 3. The van der Waals surface area contributed by atoms with E-state index in [0.29, 0.717) is 23.7 Å². The highest BCUT2D eigenvalue weighted by Crippen LogP contribution is 2.29. The van der Waals surface area contributed by atoms with Crippen molar-refractivity contribution in [2.24, 2.45) is 0 Å². The first-order chi connectivity index (χ1) is 13.7. The molecule has 0 heterocycles. The van der Waals surface area contributed by atoms with E-state index < -0.39 is 0 Å². The Morgan fingerprint density at radius 2 is 1.61 bits per heavy atom. The summed E-state index contributed by atoms with van der Waals surface area (Å²) in [6.07, 6.45) is 3.31. The largest absolute Gasteiger partial charge is 0.497 e. The van der Waals surface area contributed by atoms with Crippen LogP contribution < -0.4 is 14.2 Å². The number of hydrogen-bond donors (Lipinski definition) is 0. The van der Waals surface area contributed by atoms with Crippen molar-refractivity contribution in [3.05, 3.63) is 95.6 Å². The molecule has 4 heteroatoms. The Kier molecular flexibility index (Phi) is 6.47. The lowest BCUT2D eigenvalue weighted by molar-refractivity contribution is 0.104. The molecule has 0 atom stereocenters. The molecule has 0 amide bonds. The average molecular weight is 374 g/mol. The van der Waals surface area contributed by atoms with Crippen molar-refractivity contribution >= 4 is 11.9 Å². The smallest absolute Gasteiger partial charge is 0.185 e. The molecule has 3 rings (SSSR count). The molecule has 4 nitrogen and oxygen atoms in total. The maximum Gasteiger partial charge on any atom is 0.185 e. The van der Waals surface area contributed by atoms with E-state index in [1.54, 1.807) is 50.6 Å². The van der Waals surface area contributed by atoms with Crippen LogP contribution in [-0.2, 0) is 6.61 Å². The van der Waals surface area contributed by atoms with Crippen LogP contribution in [0.4, 0.5) is 0 Å². The zero-order valence-corrected chi connectivity index (χ0v) is 15.9. The fourth-order valence-corrected chi connectivity index (χ4v) is 2.67. The van der Waals surface area contributed by atoms with Gasteiger partial charge in [0.05, 0.1) is 14.2 Å². The van der Waals surface area contributed by atoms with E-state index in [1.165, 1.54) is 0 Å². The summed E-state index contributed by atoms with van der Waals surface area (Å²) in [6, 6.07) is 22.5. The number of carbonyl (C=O) groups excluding carboxylic acids is 1. The lowest BCUT2D eigenvalue weighted by Gasteiger charge is -2.11. The molecule has 0 aliphatic heterocycles. The minimum atomic E-state index is -0.0785. The van der Waals surface area contributed by atoms with E-state index in [2.05, 4.69) is 0 Å². The third-order valence-electron chi connectivity index (χ3n) is 4.23. The minimum Gasteiger partial charge on any atom is -0.497 e. The van der Waals surface area contributed by atoms with E-state index in [0.717, 1.165) is 16.9 Å². The lowest BCUT2D eigenvalue weighted by atomic mass is 10.1. The maximum absolute atomic E-state index is 12.4. The molecule has 0 bridgehead atoms. The van der Waals surface area contributed by atoms with Crippen LogP contribution >= 0.6 is 0 Å². The zero-order chi connectivity index (χ0) is 19.8. The normalized spacial score (nSPS) is 10.6. The molecule has 0 N–H and O–H groups in total. The number of allylic oxidation sites excluding steroid dienone is 1. The van der Waals surface area contributed by atoms with Crippen molar-refractivity contribution in [1.29, 1.82) is 0 Å². The number of hydrogen-bond acceptors (Lipinski definition) is 4. The van der Waals surface area contributed by atoms with E-state index in [-0.39, 0.29) is 5.78 Å². The summed E-state index contributed by atoms with van der Waals surface area (Å²) in [7, 11) is 3.20. The predicted molar refractivity (Wildman–Crippen MR) is 110 cm³/mol. The SMILES string of the molecule is COc1ccc(C(=O)/C=C/c2ccc(OC)c(OCc3ccccc3)c2)cc1. The van der Waals surface area contributed by atoms with Gasteiger partial charge in [-0.25, -0.2) is 0 Å². The first-order valence-corrected chi connectivity index (χ1v) is 8.91. The van der Waals surface area contributed by atoms with Gasteiger partial charge in [-0.2, -0.15) is 0 Å². The Bertz CT molecular complexity index is 944. The molecule has 0 aromatic heterocycles. The van der Waals surface area contributed by atoms with Crippen LogP contribution in [0, 0.1) is 0 Å². The molecule has 0 aliphatic rings. The van der Waals surface area contributed by atoms with Crippen molar-refractivity contribution in [3.8, 4) is 17.2 Å². The van der Waals surface area contributed by atoms with Crippen LogP contribution in [0.15, 0.2) is 78.9 Å². The topological polar surface area (TPSA) is 44.8 Å². The Balaban J connectivity index is 1.72. The van der Waals surface area contributed by atoms with Crippen molar-refractivity contribution in [1.82, 2.24) is 0 Å². The molecule has 0 radical (unpaired) electrons. The van der Waals surface area contributed by atoms with Gasteiger partial charge in [-0.05, 0) is 53.6 Å². The zero-order valence-electron chi connectivity index (χ0n) is 15.9. The molecule has 0 unspecified atom stereocenters. The van der Waals surface area contributed by atoms with Gasteiger partial charge in [0.25, 0.3) is 0 Å². The second-order valence-corrected chi connectivity index (χ2v) is 6.11. The quantitative estimate of drug-likeness (QED) is 0.403. The number of rotatable bonds is 8. The van der Waals surface area contributed by atoms with Crippen LogP contribution in [0.2, 0.25) is 0 Å². The number of ketones is 1. The van der Waals surface area contributed by atoms with Crippen LogP contribution in [0.1, 0.15) is 21.5 Å². The van der Waals surface area contributed by atoms with Crippen LogP contribution in [-0.4, -0.2) is 20.0 Å². The van der Waals surface area contributed by atoms with Gasteiger partial charge >= 0.3 is 0 Å². The fraction of sp³-hybridized carbons (Fsp3) is 0.125. The highest BCUT2D eigenvalue weighted by Gasteiger charge is 2.07. The molecule has 0 aliphatic carbocycles. The predicted octanol–water partition coefficient (Wildman–Crippen LogP) is 5.18. The average Bonchev–Trinajstić information content (AvgIpc) is 2.76. The molecular formula is C24H22O4. The number of methoxy groups -OCH3 is 2. The summed E-state index contributed by atoms with van der Waals surface area (Å²) in [5.41, 5.74) is 2.53. The first-order valence-electron chi connectivity index (χ1n) is 8.91. The van der Waals surface area contributed by atoms with E-state index in [9.17, 15) is 4.79 Å². The second kappa shape index (κ2) is 9.42. The van der Waals surface area contributed by atoms with Crippen LogP contribution in [0.25, 0.3) is 6.08 Å². The van der Waals surface area contributed by atoms with Crippen molar-refractivity contribution < 1.29 is 19.0 Å². The van der Waals surface area contributed by atoms with Gasteiger partial charge < -0.3 is 14.2 Å². The second-order valence-electron chi connectivity index (χ2n) is 6.11. The van der Waals surface area contributed by atoms with Gasteiger partial charge in [-0.15, -0.1) is 0 Å². The molecule has 28 heavy (non-hydrogen) atoms. The van der Waals surface area contributed by atoms with Gasteiger partial charge in [0.15, 0.2) is 17.3 Å². The Morgan fingerprint density at radius 1 is 0.857 bits per heavy atom. The molecule has 0 spiro atoms. The molecule has 3 aromatic rings. The highest BCUT2D eigenvalue weighted by atomic mass is 16.5. The number of carbonyl (C=O) groups is 1. The highest BCUT2D eigenvalue weighted by molar-refractivity contribution is 6.06. The monoisotopic (exact) mass is 374 g/mol. The third kappa shape index (κ3) is 5.01. The van der Waals surface area contributed by atoms with Gasteiger partial charge in [-0.1, -0.05) is 42.5 Å². The summed E-state index contributed by atoms with van der Waals surface area (Å²) in [5, 5.41) is 0. The Labute approximate surface area is 165 Å². The molecule has 3 aromatic carbocycles. The van der Waals surface area contributed by atoms with E-state index >= 15 is 0 Å². The van der Waals surface area contributed by atoms with E-state index in [1.807, 2.05) is 48.5 Å². The molecule has 0 saturated heterocycles. The maximum atomic E-state index is 12.4.